The maximum absolute atomic E-state index is 14.0. The molecule has 1 atom stereocenters. The highest BCUT2D eigenvalue weighted by atomic mass is 19.1. The molecule has 174 valence electrons. The van der Waals surface area contributed by atoms with E-state index in [1.807, 2.05) is 47.1 Å². The zero-order valence-electron chi connectivity index (χ0n) is 19.2. The van der Waals surface area contributed by atoms with E-state index in [9.17, 15) is 18.8 Å². The second-order valence-corrected chi connectivity index (χ2v) is 9.22. The monoisotopic (exact) mass is 451 g/mol. The van der Waals surface area contributed by atoms with Gasteiger partial charge in [-0.15, -0.1) is 0 Å². The van der Waals surface area contributed by atoms with E-state index in [0.29, 0.717) is 45.6 Å². The summed E-state index contributed by atoms with van der Waals surface area (Å²) in [6.45, 7) is 5.78. The molecule has 33 heavy (non-hydrogen) atoms. The van der Waals surface area contributed by atoms with Gasteiger partial charge in [-0.1, -0.05) is 49.4 Å². The van der Waals surface area contributed by atoms with Gasteiger partial charge in [0.05, 0.1) is 11.6 Å². The van der Waals surface area contributed by atoms with Crippen molar-refractivity contribution in [3.63, 3.8) is 0 Å². The van der Waals surface area contributed by atoms with E-state index in [0.717, 1.165) is 5.56 Å². The van der Waals surface area contributed by atoms with Crippen molar-refractivity contribution in [2.75, 3.05) is 32.7 Å². The number of rotatable bonds is 3. The molecule has 2 aliphatic rings. The van der Waals surface area contributed by atoms with Gasteiger partial charge in [0.25, 0.3) is 5.91 Å². The first-order chi connectivity index (χ1) is 15.8. The molecule has 0 aromatic heterocycles. The number of benzene rings is 2. The van der Waals surface area contributed by atoms with Crippen LogP contribution in [0.2, 0.25) is 0 Å². The number of hydrogen-bond acceptors (Lipinski definition) is 3. The summed E-state index contributed by atoms with van der Waals surface area (Å²) >= 11 is 0. The SMILES string of the molecule is CC(=O)N1CCN(C(=O)C2(C)CCN(C(=O)c3ccccc3F)CC2)C[C@@H]1c1ccccc1. The zero-order valence-corrected chi connectivity index (χ0v) is 19.2. The van der Waals surface area contributed by atoms with Crippen molar-refractivity contribution in [2.24, 2.45) is 5.41 Å². The third-order valence-corrected chi connectivity index (χ3v) is 7.03. The van der Waals surface area contributed by atoms with E-state index < -0.39 is 11.2 Å². The quantitative estimate of drug-likeness (QED) is 0.718. The molecule has 0 N–H and O–H groups in total. The van der Waals surface area contributed by atoms with E-state index in [4.69, 9.17) is 0 Å². The van der Waals surface area contributed by atoms with Crippen LogP contribution >= 0.6 is 0 Å². The topological polar surface area (TPSA) is 60.9 Å². The van der Waals surface area contributed by atoms with Crippen LogP contribution in [0.25, 0.3) is 0 Å². The maximum atomic E-state index is 14.0. The van der Waals surface area contributed by atoms with Crippen LogP contribution in [0.4, 0.5) is 4.39 Å². The molecule has 2 aromatic rings. The van der Waals surface area contributed by atoms with E-state index in [-0.39, 0.29) is 29.3 Å². The first-order valence-corrected chi connectivity index (χ1v) is 11.5. The van der Waals surface area contributed by atoms with Crippen molar-refractivity contribution in [3.05, 3.63) is 71.5 Å². The lowest BCUT2D eigenvalue weighted by Gasteiger charge is -2.46. The van der Waals surface area contributed by atoms with Crippen LogP contribution in [0.3, 0.4) is 0 Å². The molecule has 0 bridgehead atoms. The fourth-order valence-corrected chi connectivity index (χ4v) is 4.91. The zero-order chi connectivity index (χ0) is 23.6. The summed E-state index contributed by atoms with van der Waals surface area (Å²) in [7, 11) is 0. The smallest absolute Gasteiger partial charge is 0.256 e. The van der Waals surface area contributed by atoms with Crippen molar-refractivity contribution in [1.29, 1.82) is 0 Å². The van der Waals surface area contributed by atoms with Crippen LogP contribution in [0.15, 0.2) is 54.6 Å². The number of halogens is 1. The second-order valence-electron chi connectivity index (χ2n) is 9.22. The summed E-state index contributed by atoms with van der Waals surface area (Å²) in [5.41, 5.74) is 0.491. The second kappa shape index (κ2) is 9.33. The molecular weight excluding hydrogens is 421 g/mol. The van der Waals surface area contributed by atoms with Gasteiger partial charge in [0.1, 0.15) is 5.82 Å². The molecule has 2 aromatic carbocycles. The highest BCUT2D eigenvalue weighted by molar-refractivity contribution is 5.94. The van der Waals surface area contributed by atoms with Crippen LogP contribution in [-0.2, 0) is 9.59 Å². The summed E-state index contributed by atoms with van der Waals surface area (Å²) in [6, 6.07) is 15.6. The summed E-state index contributed by atoms with van der Waals surface area (Å²) in [5.74, 6) is -0.796. The minimum absolute atomic E-state index is 0.00197. The molecule has 3 amide bonds. The lowest BCUT2D eigenvalue weighted by Crippen LogP contribution is -2.56. The number of carbonyl (C=O) groups is 3. The van der Waals surface area contributed by atoms with Crippen LogP contribution in [-0.4, -0.2) is 65.1 Å². The van der Waals surface area contributed by atoms with E-state index in [1.165, 1.54) is 12.1 Å². The Morgan fingerprint density at radius 2 is 1.52 bits per heavy atom. The standard InChI is InChI=1S/C26H30FN3O3/c1-19(31)30-17-16-29(18-23(30)20-8-4-3-5-9-20)25(33)26(2)12-14-28(15-13-26)24(32)21-10-6-7-11-22(21)27/h3-11,23H,12-18H2,1-2H3/t23-/m1/s1. The van der Waals surface area contributed by atoms with E-state index >= 15 is 0 Å². The third-order valence-electron chi connectivity index (χ3n) is 7.03. The first-order valence-electron chi connectivity index (χ1n) is 11.5. The lowest BCUT2D eigenvalue weighted by molar-refractivity contribution is -0.150. The summed E-state index contributed by atoms with van der Waals surface area (Å²) in [4.78, 5) is 43.9. The van der Waals surface area contributed by atoms with Gasteiger partial charge in [0.15, 0.2) is 0 Å². The highest BCUT2D eigenvalue weighted by Gasteiger charge is 2.43. The maximum Gasteiger partial charge on any atom is 0.256 e. The van der Waals surface area contributed by atoms with Crippen LogP contribution in [0.1, 0.15) is 48.7 Å². The average Bonchev–Trinajstić information content (AvgIpc) is 2.84. The molecular formula is C26H30FN3O3. The molecule has 2 fully saturated rings. The number of hydrogen-bond donors (Lipinski definition) is 0. The summed E-state index contributed by atoms with van der Waals surface area (Å²) < 4.78 is 14.0. The predicted molar refractivity (Wildman–Crippen MR) is 123 cm³/mol. The van der Waals surface area contributed by atoms with Gasteiger partial charge in [-0.2, -0.15) is 0 Å². The number of likely N-dealkylation sites (tertiary alicyclic amines) is 1. The molecule has 4 rings (SSSR count). The van der Waals surface area contributed by atoms with Crippen molar-refractivity contribution < 1.29 is 18.8 Å². The van der Waals surface area contributed by atoms with Crippen LogP contribution in [0.5, 0.6) is 0 Å². The van der Waals surface area contributed by atoms with E-state index in [2.05, 4.69) is 0 Å². The largest absolute Gasteiger partial charge is 0.338 e. The molecule has 0 saturated carbocycles. The Morgan fingerprint density at radius 1 is 0.879 bits per heavy atom. The fraction of sp³-hybridized carbons (Fsp3) is 0.423. The molecule has 7 heteroatoms. The molecule has 2 saturated heterocycles. The predicted octanol–water partition coefficient (Wildman–Crippen LogP) is 3.50. The molecule has 0 aliphatic carbocycles. The Bertz CT molecular complexity index is 1030. The van der Waals surface area contributed by atoms with Gasteiger partial charge in [0.2, 0.25) is 11.8 Å². The number of nitrogens with zero attached hydrogens (tertiary/aromatic N) is 3. The van der Waals surface area contributed by atoms with Crippen molar-refractivity contribution in [2.45, 2.75) is 32.7 Å². The Labute approximate surface area is 194 Å². The van der Waals surface area contributed by atoms with Crippen molar-refractivity contribution in [3.8, 4) is 0 Å². The summed E-state index contributed by atoms with van der Waals surface area (Å²) in [6.07, 6.45) is 1.05. The molecule has 6 nitrogen and oxygen atoms in total. The van der Waals surface area contributed by atoms with Gasteiger partial charge >= 0.3 is 0 Å². The van der Waals surface area contributed by atoms with Crippen LogP contribution < -0.4 is 0 Å². The lowest BCUT2D eigenvalue weighted by atomic mass is 9.78. The Balaban J connectivity index is 1.44. The Hall–Kier alpha value is -3.22. The van der Waals surface area contributed by atoms with Gasteiger partial charge in [0, 0.05) is 45.1 Å². The van der Waals surface area contributed by atoms with E-state index in [1.54, 1.807) is 24.0 Å². The number of piperazine rings is 1. The van der Waals surface area contributed by atoms with Gasteiger partial charge in [-0.3, -0.25) is 14.4 Å². The fourth-order valence-electron chi connectivity index (χ4n) is 4.91. The molecule has 0 radical (unpaired) electrons. The Morgan fingerprint density at radius 3 is 2.15 bits per heavy atom. The van der Waals surface area contributed by atoms with Gasteiger partial charge < -0.3 is 14.7 Å². The molecule has 2 heterocycles. The summed E-state index contributed by atoms with van der Waals surface area (Å²) in [5, 5.41) is 0. The average molecular weight is 452 g/mol. The third kappa shape index (κ3) is 4.63. The first kappa shape index (κ1) is 23.0. The molecule has 0 unspecified atom stereocenters. The van der Waals surface area contributed by atoms with Crippen molar-refractivity contribution >= 4 is 17.7 Å². The normalized spacial score (nSPS) is 20.5. The number of carbonyl (C=O) groups excluding carboxylic acids is 3. The minimum Gasteiger partial charge on any atom is -0.338 e. The van der Waals surface area contributed by atoms with Gasteiger partial charge in [-0.05, 0) is 30.5 Å². The highest BCUT2D eigenvalue weighted by Crippen LogP contribution is 2.36. The van der Waals surface area contributed by atoms with Crippen LogP contribution in [0, 0.1) is 11.2 Å². The minimum atomic E-state index is -0.592. The molecule has 2 aliphatic heterocycles. The molecule has 0 spiro atoms. The Kier molecular flexibility index (Phi) is 6.49. The van der Waals surface area contributed by atoms with Crippen molar-refractivity contribution in [1.82, 2.24) is 14.7 Å². The van der Waals surface area contributed by atoms with Gasteiger partial charge in [-0.25, -0.2) is 4.39 Å². The number of amides is 3. The number of piperidine rings is 1.